The average Bonchev–Trinajstić information content (AvgIpc) is 3.20. The van der Waals surface area contributed by atoms with Crippen LogP contribution in [0.3, 0.4) is 0 Å². The molecule has 162 valence electrons. The third kappa shape index (κ3) is 4.60. The Hall–Kier alpha value is -1.38. The Morgan fingerprint density at radius 3 is 2.30 bits per heavy atom. The van der Waals surface area contributed by atoms with Crippen molar-refractivity contribution in [1.29, 1.82) is 0 Å². The molecule has 0 radical (unpaired) electrons. The fraction of sp³-hybridized carbons (Fsp3) is 0.571. The molecule has 1 aliphatic heterocycles. The minimum Gasteiger partial charge on any atom is -0.455 e. The number of rotatable bonds is 4. The van der Waals surface area contributed by atoms with Gasteiger partial charge >= 0.3 is 5.97 Å². The van der Waals surface area contributed by atoms with Gasteiger partial charge in [-0.2, -0.15) is 0 Å². The van der Waals surface area contributed by atoms with E-state index in [0.717, 1.165) is 12.8 Å². The molecular formula is C21H25ClN2O4S2. The first-order chi connectivity index (χ1) is 14.5. The average molecular weight is 469 g/mol. The maximum atomic E-state index is 12.6. The van der Waals surface area contributed by atoms with E-state index in [9.17, 15) is 14.4 Å². The number of thioether (sulfide) groups is 2. The van der Waals surface area contributed by atoms with Crippen LogP contribution in [0.2, 0.25) is 5.02 Å². The molecule has 2 aliphatic carbocycles. The second kappa shape index (κ2) is 9.40. The number of halogens is 1. The Bertz CT molecular complexity index is 798. The van der Waals surface area contributed by atoms with Gasteiger partial charge in [-0.1, -0.05) is 18.0 Å². The number of carbonyl (C=O) groups excluding carboxylic acids is 3. The van der Waals surface area contributed by atoms with Crippen LogP contribution in [0.1, 0.15) is 42.5 Å². The Labute approximate surface area is 189 Å². The molecule has 1 saturated heterocycles. The molecule has 2 bridgehead atoms. The van der Waals surface area contributed by atoms with E-state index in [1.165, 1.54) is 30.8 Å². The van der Waals surface area contributed by atoms with Gasteiger partial charge in [-0.15, -0.1) is 23.5 Å². The highest BCUT2D eigenvalue weighted by atomic mass is 35.5. The van der Waals surface area contributed by atoms with E-state index >= 15 is 0 Å². The van der Waals surface area contributed by atoms with E-state index in [-0.39, 0.29) is 11.9 Å². The van der Waals surface area contributed by atoms with Gasteiger partial charge in [-0.3, -0.25) is 25.2 Å². The van der Waals surface area contributed by atoms with E-state index in [1.807, 2.05) is 0 Å². The summed E-state index contributed by atoms with van der Waals surface area (Å²) in [7, 11) is 0. The van der Waals surface area contributed by atoms with E-state index in [2.05, 4.69) is 34.4 Å². The lowest BCUT2D eigenvalue weighted by atomic mass is 9.67. The summed E-state index contributed by atoms with van der Waals surface area (Å²) in [5, 5.41) is 0.519. The van der Waals surface area contributed by atoms with Crippen LogP contribution >= 0.6 is 35.1 Å². The van der Waals surface area contributed by atoms with Crippen molar-refractivity contribution in [2.24, 2.45) is 17.8 Å². The van der Waals surface area contributed by atoms with Gasteiger partial charge in [0.05, 0.1) is 10.00 Å². The fourth-order valence-corrected chi connectivity index (χ4v) is 8.96. The van der Waals surface area contributed by atoms with E-state index in [1.54, 1.807) is 24.3 Å². The highest BCUT2D eigenvalue weighted by Crippen LogP contribution is 2.64. The minimum absolute atomic E-state index is 0.135. The number of hydrazine groups is 1. The lowest BCUT2D eigenvalue weighted by Gasteiger charge is -2.51. The van der Waals surface area contributed by atoms with Crippen LogP contribution in [0.25, 0.3) is 0 Å². The Morgan fingerprint density at radius 2 is 1.67 bits per heavy atom. The van der Waals surface area contributed by atoms with Crippen LogP contribution in [0.15, 0.2) is 24.3 Å². The van der Waals surface area contributed by atoms with Crippen molar-refractivity contribution in [3.8, 4) is 0 Å². The van der Waals surface area contributed by atoms with Crippen molar-refractivity contribution in [1.82, 2.24) is 10.9 Å². The standard InChI is InChI=1S/C21H25ClN2O4S2/c22-17-6-4-13(5-7-17)19(26)24-23-18(25)12-28-20(27)14-10-15-2-1-3-16(11-14)21(15)29-8-9-30-21/h4-7,14-16H,1-3,8-12H2,(H,23,25)(H,24,26). The largest absolute Gasteiger partial charge is 0.455 e. The van der Waals surface area contributed by atoms with Gasteiger partial charge in [0.2, 0.25) is 0 Å². The fourth-order valence-electron chi connectivity index (χ4n) is 4.89. The van der Waals surface area contributed by atoms with E-state index < -0.39 is 18.4 Å². The first-order valence-electron chi connectivity index (χ1n) is 10.3. The number of ether oxygens (including phenoxy) is 1. The number of carbonyl (C=O) groups is 3. The van der Waals surface area contributed by atoms with Crippen LogP contribution in [-0.2, 0) is 14.3 Å². The van der Waals surface area contributed by atoms with Crippen LogP contribution in [-0.4, -0.2) is 40.0 Å². The molecule has 2 unspecified atom stereocenters. The molecule has 1 aromatic carbocycles. The molecule has 4 rings (SSSR count). The number of hydrogen-bond acceptors (Lipinski definition) is 6. The van der Waals surface area contributed by atoms with Crippen molar-refractivity contribution in [3.63, 3.8) is 0 Å². The molecule has 0 aromatic heterocycles. The quantitative estimate of drug-likeness (QED) is 0.518. The SMILES string of the molecule is O=C(COC(=O)C1CC2CCCC(C1)C21SCCS1)NNC(=O)c1ccc(Cl)cc1. The van der Waals surface area contributed by atoms with Crippen LogP contribution in [0.4, 0.5) is 0 Å². The van der Waals surface area contributed by atoms with E-state index in [0.29, 0.717) is 26.5 Å². The second-order valence-corrected chi connectivity index (χ2v) is 11.5. The number of benzene rings is 1. The number of hydrogen-bond donors (Lipinski definition) is 2. The molecule has 3 fully saturated rings. The van der Waals surface area contributed by atoms with Crippen LogP contribution in [0, 0.1) is 17.8 Å². The van der Waals surface area contributed by atoms with E-state index in [4.69, 9.17) is 16.3 Å². The lowest BCUT2D eigenvalue weighted by Crippen LogP contribution is -2.48. The zero-order valence-electron chi connectivity index (χ0n) is 16.5. The van der Waals surface area contributed by atoms with Crippen LogP contribution < -0.4 is 10.9 Å². The van der Waals surface area contributed by atoms with Crippen molar-refractivity contribution in [2.45, 2.75) is 36.2 Å². The zero-order valence-corrected chi connectivity index (χ0v) is 18.9. The Morgan fingerprint density at radius 1 is 1.03 bits per heavy atom. The summed E-state index contributed by atoms with van der Waals surface area (Å²) in [5.74, 6) is 2.03. The van der Waals surface area contributed by atoms with Gasteiger partial charge in [0, 0.05) is 22.1 Å². The predicted molar refractivity (Wildman–Crippen MR) is 119 cm³/mol. The second-order valence-electron chi connectivity index (χ2n) is 8.03. The third-order valence-electron chi connectivity index (χ3n) is 6.22. The molecular weight excluding hydrogens is 444 g/mol. The molecule has 6 nitrogen and oxygen atoms in total. The highest BCUT2D eigenvalue weighted by Gasteiger charge is 2.55. The van der Waals surface area contributed by atoms with Crippen molar-refractivity contribution in [3.05, 3.63) is 34.9 Å². The number of amides is 2. The molecule has 9 heteroatoms. The predicted octanol–water partition coefficient (Wildman–Crippen LogP) is 3.65. The van der Waals surface area contributed by atoms with Crippen LogP contribution in [0.5, 0.6) is 0 Å². The number of esters is 1. The zero-order chi connectivity index (χ0) is 21.1. The van der Waals surface area contributed by atoms with Crippen molar-refractivity contribution in [2.75, 3.05) is 18.1 Å². The van der Waals surface area contributed by atoms with Crippen molar-refractivity contribution >= 4 is 52.9 Å². The van der Waals surface area contributed by atoms with Gasteiger partial charge < -0.3 is 4.74 Å². The molecule has 2 N–H and O–H groups in total. The summed E-state index contributed by atoms with van der Waals surface area (Å²) >= 11 is 9.99. The lowest BCUT2D eigenvalue weighted by molar-refractivity contribution is -0.155. The molecule has 2 saturated carbocycles. The molecule has 30 heavy (non-hydrogen) atoms. The third-order valence-corrected chi connectivity index (χ3v) is 10.5. The molecule has 2 amide bonds. The first kappa shape index (κ1) is 21.8. The van der Waals surface area contributed by atoms with Gasteiger partial charge in [-0.25, -0.2) is 0 Å². The minimum atomic E-state index is -0.569. The van der Waals surface area contributed by atoms with Gasteiger partial charge in [0.15, 0.2) is 6.61 Å². The smallest absolute Gasteiger partial charge is 0.309 e. The van der Waals surface area contributed by atoms with Gasteiger partial charge in [0.25, 0.3) is 11.8 Å². The van der Waals surface area contributed by atoms with Crippen molar-refractivity contribution < 1.29 is 19.1 Å². The molecule has 3 aliphatic rings. The van der Waals surface area contributed by atoms with Gasteiger partial charge in [0.1, 0.15) is 0 Å². The summed E-state index contributed by atoms with van der Waals surface area (Å²) < 4.78 is 5.58. The normalized spacial score (nSPS) is 26.8. The maximum absolute atomic E-state index is 12.6. The summed E-state index contributed by atoms with van der Waals surface area (Å²) in [6.07, 6.45) is 5.30. The monoisotopic (exact) mass is 468 g/mol. The molecule has 1 aromatic rings. The summed E-state index contributed by atoms with van der Waals surface area (Å²) in [6.45, 7) is -0.403. The summed E-state index contributed by atoms with van der Waals surface area (Å²) in [5.41, 5.74) is 4.95. The summed E-state index contributed by atoms with van der Waals surface area (Å²) in [6, 6.07) is 6.29. The Kier molecular flexibility index (Phi) is 6.85. The highest BCUT2D eigenvalue weighted by molar-refractivity contribution is 8.21. The number of nitrogens with one attached hydrogen (secondary N) is 2. The Balaban J connectivity index is 1.23. The summed E-state index contributed by atoms with van der Waals surface area (Å²) in [4.78, 5) is 36.6. The molecule has 1 spiro atoms. The topological polar surface area (TPSA) is 84.5 Å². The molecule has 1 heterocycles. The molecule has 2 atom stereocenters. The first-order valence-corrected chi connectivity index (χ1v) is 12.6. The van der Waals surface area contributed by atoms with Gasteiger partial charge in [-0.05, 0) is 61.8 Å². The maximum Gasteiger partial charge on any atom is 0.309 e.